The standard InChI is InChI=1S/C15H19F3N2/c1-3-4-5-6-11(2)20-14-8-7-13(15(16,17)18)9-12(14)10-19/h7-9,11,20H,3-6H2,1-2H3. The fourth-order valence-electron chi connectivity index (χ4n) is 1.98. The number of halogens is 3. The van der Waals surface area contributed by atoms with Crippen molar-refractivity contribution in [2.24, 2.45) is 0 Å². The molecule has 0 fully saturated rings. The Balaban J connectivity index is 2.79. The third-order valence-corrected chi connectivity index (χ3v) is 3.11. The van der Waals surface area contributed by atoms with Gasteiger partial charge >= 0.3 is 6.18 Å². The normalized spacial score (nSPS) is 12.8. The summed E-state index contributed by atoms with van der Waals surface area (Å²) in [6, 6.07) is 5.17. The van der Waals surface area contributed by atoms with E-state index in [1.54, 1.807) is 0 Å². The predicted octanol–water partition coefficient (Wildman–Crippen LogP) is 4.96. The molecule has 1 aromatic carbocycles. The molecule has 0 aromatic heterocycles. The first-order valence-electron chi connectivity index (χ1n) is 6.76. The molecule has 5 heteroatoms. The lowest BCUT2D eigenvalue weighted by molar-refractivity contribution is -0.137. The van der Waals surface area contributed by atoms with Crippen LogP contribution >= 0.6 is 0 Å². The number of benzene rings is 1. The van der Waals surface area contributed by atoms with Gasteiger partial charge in [-0.2, -0.15) is 18.4 Å². The molecule has 1 rings (SSSR count). The van der Waals surface area contributed by atoms with E-state index in [4.69, 9.17) is 5.26 Å². The predicted molar refractivity (Wildman–Crippen MR) is 73.4 cm³/mol. The van der Waals surface area contributed by atoms with Crippen LogP contribution in [0.2, 0.25) is 0 Å². The summed E-state index contributed by atoms with van der Waals surface area (Å²) in [5.41, 5.74) is -0.301. The van der Waals surface area contributed by atoms with Gasteiger partial charge in [0, 0.05) is 6.04 Å². The molecule has 20 heavy (non-hydrogen) atoms. The molecule has 1 unspecified atom stereocenters. The number of rotatable bonds is 6. The van der Waals surface area contributed by atoms with Gasteiger partial charge in [0.1, 0.15) is 6.07 Å². The van der Waals surface area contributed by atoms with E-state index in [9.17, 15) is 13.2 Å². The number of nitrogens with zero attached hydrogens (tertiary/aromatic N) is 1. The van der Waals surface area contributed by atoms with Gasteiger partial charge in [0.15, 0.2) is 0 Å². The summed E-state index contributed by atoms with van der Waals surface area (Å²) in [6.07, 6.45) is -0.176. The number of alkyl halides is 3. The fraction of sp³-hybridized carbons (Fsp3) is 0.533. The average Bonchev–Trinajstić information content (AvgIpc) is 2.38. The second-order valence-corrected chi connectivity index (χ2v) is 4.91. The van der Waals surface area contributed by atoms with Crippen molar-refractivity contribution >= 4 is 5.69 Å². The Hall–Kier alpha value is -1.70. The molecule has 0 spiro atoms. The molecular weight excluding hydrogens is 265 g/mol. The lowest BCUT2D eigenvalue weighted by Crippen LogP contribution is -2.16. The maximum atomic E-state index is 12.6. The minimum atomic E-state index is -4.42. The molecule has 2 nitrogen and oxygen atoms in total. The van der Waals surface area contributed by atoms with E-state index in [0.29, 0.717) is 5.69 Å². The zero-order valence-corrected chi connectivity index (χ0v) is 11.7. The third-order valence-electron chi connectivity index (χ3n) is 3.11. The van der Waals surface area contributed by atoms with Crippen LogP contribution in [0.25, 0.3) is 0 Å². The summed E-state index contributed by atoms with van der Waals surface area (Å²) in [7, 11) is 0. The van der Waals surface area contributed by atoms with E-state index < -0.39 is 11.7 Å². The highest BCUT2D eigenvalue weighted by molar-refractivity contribution is 5.59. The van der Waals surface area contributed by atoms with Crippen molar-refractivity contribution in [3.8, 4) is 6.07 Å². The summed E-state index contributed by atoms with van der Waals surface area (Å²) in [5, 5.41) is 12.1. The molecular formula is C15H19F3N2. The van der Waals surface area contributed by atoms with E-state index in [1.807, 2.05) is 13.0 Å². The molecule has 1 aromatic rings. The number of nitriles is 1. The van der Waals surface area contributed by atoms with Gasteiger partial charge in [-0.3, -0.25) is 0 Å². The van der Waals surface area contributed by atoms with Crippen molar-refractivity contribution in [1.29, 1.82) is 5.26 Å². The molecule has 110 valence electrons. The van der Waals surface area contributed by atoms with Gasteiger partial charge in [0.2, 0.25) is 0 Å². The van der Waals surface area contributed by atoms with E-state index in [2.05, 4.69) is 12.2 Å². The minimum absolute atomic E-state index is 0.0298. The molecule has 0 amide bonds. The van der Waals surface area contributed by atoms with E-state index in [1.165, 1.54) is 6.07 Å². The Labute approximate surface area is 117 Å². The Bertz CT molecular complexity index is 475. The van der Waals surface area contributed by atoms with Crippen LogP contribution < -0.4 is 5.32 Å². The third kappa shape index (κ3) is 4.76. The molecule has 0 aliphatic heterocycles. The zero-order valence-electron chi connectivity index (χ0n) is 11.7. The Morgan fingerprint density at radius 3 is 2.55 bits per heavy atom. The summed E-state index contributed by atoms with van der Waals surface area (Å²) < 4.78 is 37.7. The average molecular weight is 284 g/mol. The number of hydrogen-bond acceptors (Lipinski definition) is 2. The van der Waals surface area contributed by atoms with Crippen molar-refractivity contribution < 1.29 is 13.2 Å². The van der Waals surface area contributed by atoms with Crippen molar-refractivity contribution in [2.45, 2.75) is 51.7 Å². The summed E-state index contributed by atoms with van der Waals surface area (Å²) in [4.78, 5) is 0. The molecule has 0 saturated carbocycles. The molecule has 0 aliphatic carbocycles. The van der Waals surface area contributed by atoms with Gasteiger partial charge < -0.3 is 5.32 Å². The summed E-state index contributed by atoms with van der Waals surface area (Å²) in [5.74, 6) is 0. The van der Waals surface area contributed by atoms with Crippen LogP contribution in [0.1, 0.15) is 50.7 Å². The van der Waals surface area contributed by atoms with Crippen molar-refractivity contribution in [2.75, 3.05) is 5.32 Å². The van der Waals surface area contributed by atoms with Crippen LogP contribution in [0.4, 0.5) is 18.9 Å². The van der Waals surface area contributed by atoms with Crippen molar-refractivity contribution in [3.63, 3.8) is 0 Å². The van der Waals surface area contributed by atoms with Crippen LogP contribution in [0.5, 0.6) is 0 Å². The van der Waals surface area contributed by atoms with Crippen LogP contribution in [0.15, 0.2) is 18.2 Å². The second-order valence-electron chi connectivity index (χ2n) is 4.91. The van der Waals surface area contributed by atoms with Gasteiger partial charge in [-0.05, 0) is 31.5 Å². The maximum absolute atomic E-state index is 12.6. The molecule has 1 atom stereocenters. The van der Waals surface area contributed by atoms with Gasteiger partial charge in [0.05, 0.1) is 16.8 Å². The number of anilines is 1. The fourth-order valence-corrected chi connectivity index (χ4v) is 1.98. The molecule has 0 heterocycles. The van der Waals surface area contributed by atoms with Gasteiger partial charge in [-0.1, -0.05) is 26.2 Å². The van der Waals surface area contributed by atoms with Crippen molar-refractivity contribution in [3.05, 3.63) is 29.3 Å². The number of nitrogens with one attached hydrogen (secondary N) is 1. The first-order valence-corrected chi connectivity index (χ1v) is 6.76. The molecule has 0 saturated heterocycles. The number of hydrogen-bond donors (Lipinski definition) is 1. The van der Waals surface area contributed by atoms with Crippen molar-refractivity contribution in [1.82, 2.24) is 0 Å². The Morgan fingerprint density at radius 1 is 1.30 bits per heavy atom. The van der Waals surface area contributed by atoms with E-state index in [0.717, 1.165) is 37.8 Å². The highest BCUT2D eigenvalue weighted by Crippen LogP contribution is 2.31. The molecule has 0 bridgehead atoms. The largest absolute Gasteiger partial charge is 0.416 e. The smallest absolute Gasteiger partial charge is 0.382 e. The lowest BCUT2D eigenvalue weighted by Gasteiger charge is -2.17. The highest BCUT2D eigenvalue weighted by atomic mass is 19.4. The molecule has 0 radical (unpaired) electrons. The molecule has 1 N–H and O–H groups in total. The topological polar surface area (TPSA) is 35.8 Å². The van der Waals surface area contributed by atoms with Gasteiger partial charge in [-0.15, -0.1) is 0 Å². The SMILES string of the molecule is CCCCCC(C)Nc1ccc(C(F)(F)F)cc1C#N. The van der Waals surface area contributed by atoms with Crippen LogP contribution in [-0.2, 0) is 6.18 Å². The summed E-state index contributed by atoms with van der Waals surface area (Å²) in [6.45, 7) is 4.08. The molecule has 0 aliphatic rings. The van der Waals surface area contributed by atoms with Crippen LogP contribution in [0, 0.1) is 11.3 Å². The Morgan fingerprint density at radius 2 is 2.00 bits per heavy atom. The first kappa shape index (κ1) is 16.4. The highest BCUT2D eigenvalue weighted by Gasteiger charge is 2.31. The lowest BCUT2D eigenvalue weighted by atomic mass is 10.1. The van der Waals surface area contributed by atoms with Crippen LogP contribution in [-0.4, -0.2) is 6.04 Å². The van der Waals surface area contributed by atoms with E-state index in [-0.39, 0.29) is 11.6 Å². The number of unbranched alkanes of at least 4 members (excludes halogenated alkanes) is 2. The Kier molecular flexibility index (Phi) is 5.87. The minimum Gasteiger partial charge on any atom is -0.382 e. The monoisotopic (exact) mass is 284 g/mol. The van der Waals surface area contributed by atoms with Crippen LogP contribution in [0.3, 0.4) is 0 Å². The second kappa shape index (κ2) is 7.18. The zero-order chi connectivity index (χ0) is 15.2. The van der Waals surface area contributed by atoms with Gasteiger partial charge in [-0.25, -0.2) is 0 Å². The quantitative estimate of drug-likeness (QED) is 0.749. The maximum Gasteiger partial charge on any atom is 0.416 e. The van der Waals surface area contributed by atoms with E-state index >= 15 is 0 Å². The summed E-state index contributed by atoms with van der Waals surface area (Å²) >= 11 is 0. The van der Waals surface area contributed by atoms with Gasteiger partial charge in [0.25, 0.3) is 0 Å². The first-order chi connectivity index (χ1) is 9.38.